The molecule has 2 N–H and O–H groups in total. The van der Waals surface area contributed by atoms with Gasteiger partial charge in [-0.2, -0.15) is 0 Å². The molecular formula is C16H31N3O. The number of nitrogens with one attached hydrogen (secondary N) is 2. The van der Waals surface area contributed by atoms with E-state index in [0.29, 0.717) is 18.6 Å². The van der Waals surface area contributed by atoms with Crippen LogP contribution in [-0.4, -0.2) is 48.6 Å². The first kappa shape index (κ1) is 15.8. The van der Waals surface area contributed by atoms with Crippen molar-refractivity contribution in [2.45, 2.75) is 83.0 Å². The van der Waals surface area contributed by atoms with Crippen LogP contribution in [0.3, 0.4) is 0 Å². The number of piperidine rings is 2. The van der Waals surface area contributed by atoms with Crippen LogP contribution >= 0.6 is 0 Å². The van der Waals surface area contributed by atoms with Gasteiger partial charge in [-0.25, -0.2) is 0 Å². The fourth-order valence-electron chi connectivity index (χ4n) is 3.79. The SMILES string of the molecule is CCC(CC)NC(=O)CNC1CC2CCCC(C1)N2C. The lowest BCUT2D eigenvalue weighted by Crippen LogP contribution is -2.55. The Hall–Kier alpha value is -0.610. The fraction of sp³-hybridized carbons (Fsp3) is 0.938. The lowest BCUT2D eigenvalue weighted by molar-refractivity contribution is -0.121. The number of carbonyl (C=O) groups is 1. The molecule has 4 heteroatoms. The molecule has 0 aromatic rings. The minimum atomic E-state index is 0.155. The van der Waals surface area contributed by atoms with Gasteiger partial charge >= 0.3 is 0 Å². The number of hydrogen-bond acceptors (Lipinski definition) is 3. The summed E-state index contributed by atoms with van der Waals surface area (Å²) in [6, 6.07) is 2.30. The molecule has 2 rings (SSSR count). The third-order valence-electron chi connectivity index (χ3n) is 5.24. The molecular weight excluding hydrogens is 250 g/mol. The first-order chi connectivity index (χ1) is 9.63. The second kappa shape index (κ2) is 7.41. The highest BCUT2D eigenvalue weighted by atomic mass is 16.1. The summed E-state index contributed by atoms with van der Waals surface area (Å²) in [5.74, 6) is 0.155. The quantitative estimate of drug-likeness (QED) is 0.781. The molecule has 2 fully saturated rings. The molecule has 20 heavy (non-hydrogen) atoms. The third-order valence-corrected chi connectivity index (χ3v) is 5.24. The van der Waals surface area contributed by atoms with Crippen LogP contribution in [0.25, 0.3) is 0 Å². The molecule has 2 heterocycles. The Morgan fingerprint density at radius 1 is 1.20 bits per heavy atom. The van der Waals surface area contributed by atoms with Crippen LogP contribution in [0.4, 0.5) is 0 Å². The van der Waals surface area contributed by atoms with Crippen LogP contribution in [0, 0.1) is 0 Å². The van der Waals surface area contributed by atoms with Crippen LogP contribution in [-0.2, 0) is 4.79 Å². The number of rotatable bonds is 6. The Bertz CT molecular complexity index is 303. The summed E-state index contributed by atoms with van der Waals surface area (Å²) in [7, 11) is 2.27. The van der Waals surface area contributed by atoms with E-state index in [1.54, 1.807) is 0 Å². The largest absolute Gasteiger partial charge is 0.352 e. The predicted octanol–water partition coefficient (Wildman–Crippen LogP) is 1.90. The fourth-order valence-corrected chi connectivity index (χ4v) is 3.79. The van der Waals surface area contributed by atoms with Crippen molar-refractivity contribution in [2.75, 3.05) is 13.6 Å². The monoisotopic (exact) mass is 281 g/mol. The normalized spacial score (nSPS) is 30.5. The Morgan fingerprint density at radius 3 is 2.35 bits per heavy atom. The van der Waals surface area contributed by atoms with Gasteiger partial charge in [0.2, 0.25) is 5.91 Å². The van der Waals surface area contributed by atoms with Gasteiger partial charge in [0.1, 0.15) is 0 Å². The first-order valence-electron chi connectivity index (χ1n) is 8.38. The summed E-state index contributed by atoms with van der Waals surface area (Å²) in [5.41, 5.74) is 0. The summed E-state index contributed by atoms with van der Waals surface area (Å²) in [6.07, 6.45) is 8.45. The molecule has 116 valence electrons. The number of fused-ring (bicyclic) bond motifs is 2. The molecule has 0 aromatic carbocycles. The molecule has 2 bridgehead atoms. The number of amides is 1. The molecule has 2 unspecified atom stereocenters. The van der Waals surface area contributed by atoms with E-state index in [0.717, 1.165) is 24.9 Å². The Morgan fingerprint density at radius 2 is 1.80 bits per heavy atom. The van der Waals surface area contributed by atoms with E-state index in [1.807, 2.05) is 0 Å². The summed E-state index contributed by atoms with van der Waals surface area (Å²) < 4.78 is 0. The van der Waals surface area contributed by atoms with E-state index in [4.69, 9.17) is 0 Å². The van der Waals surface area contributed by atoms with Crippen molar-refractivity contribution in [1.29, 1.82) is 0 Å². The van der Waals surface area contributed by atoms with Crippen molar-refractivity contribution in [3.05, 3.63) is 0 Å². The lowest BCUT2D eigenvalue weighted by Gasteiger charge is -2.47. The van der Waals surface area contributed by atoms with Crippen molar-refractivity contribution in [1.82, 2.24) is 15.5 Å². The van der Waals surface area contributed by atoms with Gasteiger partial charge in [0.05, 0.1) is 6.54 Å². The van der Waals surface area contributed by atoms with Crippen LogP contribution < -0.4 is 10.6 Å². The second-order valence-electron chi connectivity index (χ2n) is 6.53. The zero-order valence-corrected chi connectivity index (χ0v) is 13.3. The molecule has 0 radical (unpaired) electrons. The van der Waals surface area contributed by atoms with Gasteiger partial charge in [-0.15, -0.1) is 0 Å². The van der Waals surface area contributed by atoms with E-state index in [1.165, 1.54) is 32.1 Å². The topological polar surface area (TPSA) is 44.4 Å². The van der Waals surface area contributed by atoms with Crippen LogP contribution in [0.15, 0.2) is 0 Å². The van der Waals surface area contributed by atoms with Gasteiger partial charge in [-0.05, 0) is 45.6 Å². The summed E-state index contributed by atoms with van der Waals surface area (Å²) in [6.45, 7) is 4.73. The summed E-state index contributed by atoms with van der Waals surface area (Å²) >= 11 is 0. The standard InChI is InChI=1S/C16H31N3O/c1-4-12(5-2)18-16(20)11-17-13-9-14-7-6-8-15(10-13)19(14)3/h12-15,17H,4-11H2,1-3H3,(H,18,20). The molecule has 2 saturated heterocycles. The van der Waals surface area contributed by atoms with Gasteiger partial charge < -0.3 is 15.5 Å². The maximum absolute atomic E-state index is 11.9. The minimum Gasteiger partial charge on any atom is -0.352 e. The summed E-state index contributed by atoms with van der Waals surface area (Å²) in [5, 5.41) is 6.59. The van der Waals surface area contributed by atoms with Crippen molar-refractivity contribution in [2.24, 2.45) is 0 Å². The summed E-state index contributed by atoms with van der Waals surface area (Å²) in [4.78, 5) is 14.5. The Kier molecular flexibility index (Phi) is 5.85. The predicted molar refractivity (Wildman–Crippen MR) is 82.7 cm³/mol. The second-order valence-corrected chi connectivity index (χ2v) is 6.53. The molecule has 2 aliphatic heterocycles. The molecule has 1 amide bonds. The van der Waals surface area contributed by atoms with Gasteiger partial charge in [-0.1, -0.05) is 20.3 Å². The van der Waals surface area contributed by atoms with E-state index in [-0.39, 0.29) is 5.91 Å². The third kappa shape index (κ3) is 3.95. The van der Waals surface area contributed by atoms with E-state index >= 15 is 0 Å². The van der Waals surface area contributed by atoms with Crippen molar-refractivity contribution in [3.63, 3.8) is 0 Å². The number of carbonyl (C=O) groups excluding carboxylic acids is 1. The maximum Gasteiger partial charge on any atom is 0.234 e. The first-order valence-corrected chi connectivity index (χ1v) is 8.38. The van der Waals surface area contributed by atoms with Gasteiger partial charge in [0, 0.05) is 24.2 Å². The van der Waals surface area contributed by atoms with Gasteiger partial charge in [0.25, 0.3) is 0 Å². The van der Waals surface area contributed by atoms with Crippen molar-refractivity contribution < 1.29 is 4.79 Å². The average Bonchev–Trinajstić information content (AvgIpc) is 2.43. The smallest absolute Gasteiger partial charge is 0.234 e. The average molecular weight is 281 g/mol. The van der Waals surface area contributed by atoms with E-state index in [2.05, 4.69) is 36.4 Å². The Labute approximate surface area is 123 Å². The van der Waals surface area contributed by atoms with Crippen molar-refractivity contribution >= 4 is 5.91 Å². The van der Waals surface area contributed by atoms with Crippen molar-refractivity contribution in [3.8, 4) is 0 Å². The number of hydrogen-bond donors (Lipinski definition) is 2. The molecule has 2 aliphatic rings. The highest BCUT2D eigenvalue weighted by Crippen LogP contribution is 2.32. The highest BCUT2D eigenvalue weighted by Gasteiger charge is 2.35. The highest BCUT2D eigenvalue weighted by molar-refractivity contribution is 5.78. The lowest BCUT2D eigenvalue weighted by atomic mass is 9.82. The zero-order chi connectivity index (χ0) is 14.5. The van der Waals surface area contributed by atoms with Gasteiger partial charge in [-0.3, -0.25) is 4.79 Å². The van der Waals surface area contributed by atoms with Crippen LogP contribution in [0.1, 0.15) is 58.8 Å². The molecule has 0 aromatic heterocycles. The molecule has 4 nitrogen and oxygen atoms in total. The number of nitrogens with zero attached hydrogens (tertiary/aromatic N) is 1. The maximum atomic E-state index is 11.9. The zero-order valence-electron chi connectivity index (χ0n) is 13.3. The molecule has 0 saturated carbocycles. The molecule has 0 aliphatic carbocycles. The van der Waals surface area contributed by atoms with E-state index in [9.17, 15) is 4.79 Å². The minimum absolute atomic E-state index is 0.155. The molecule has 2 atom stereocenters. The molecule has 0 spiro atoms. The Balaban J connectivity index is 1.73. The van der Waals surface area contributed by atoms with Gasteiger partial charge in [0.15, 0.2) is 0 Å². The van der Waals surface area contributed by atoms with Crippen LogP contribution in [0.5, 0.6) is 0 Å². The van der Waals surface area contributed by atoms with E-state index < -0.39 is 0 Å². The van der Waals surface area contributed by atoms with Crippen LogP contribution in [0.2, 0.25) is 0 Å².